The molecular formula is C8H12N4. The van der Waals surface area contributed by atoms with E-state index in [1.54, 1.807) is 6.33 Å². The fraction of sp³-hybridized carbons (Fsp3) is 0.500. The van der Waals surface area contributed by atoms with Crippen LogP contribution in [0.4, 0.5) is 11.5 Å². The summed E-state index contributed by atoms with van der Waals surface area (Å²) in [5.41, 5.74) is 1.10. The molecule has 0 fully saturated rings. The van der Waals surface area contributed by atoms with Crippen molar-refractivity contribution in [3.63, 3.8) is 0 Å². The fourth-order valence-electron chi connectivity index (χ4n) is 1.37. The van der Waals surface area contributed by atoms with Crippen molar-refractivity contribution in [1.29, 1.82) is 0 Å². The third-order valence-electron chi connectivity index (χ3n) is 2.04. The molecule has 4 nitrogen and oxygen atoms in total. The van der Waals surface area contributed by atoms with E-state index in [1.807, 2.05) is 6.20 Å². The van der Waals surface area contributed by atoms with Crippen LogP contribution in [0, 0.1) is 0 Å². The molecule has 1 aromatic heterocycles. The normalized spacial score (nSPS) is 14.8. The summed E-state index contributed by atoms with van der Waals surface area (Å²) in [6.07, 6.45) is 3.41. The maximum Gasteiger partial charge on any atom is 0.154 e. The van der Waals surface area contributed by atoms with Gasteiger partial charge in [0.15, 0.2) is 5.82 Å². The van der Waals surface area contributed by atoms with Crippen LogP contribution in [0.15, 0.2) is 12.5 Å². The van der Waals surface area contributed by atoms with E-state index < -0.39 is 0 Å². The molecule has 2 heterocycles. The zero-order valence-electron chi connectivity index (χ0n) is 7.28. The van der Waals surface area contributed by atoms with E-state index in [0.29, 0.717) is 6.04 Å². The number of aromatic nitrogens is 2. The van der Waals surface area contributed by atoms with E-state index in [0.717, 1.165) is 18.2 Å². The van der Waals surface area contributed by atoms with Crippen LogP contribution in [-0.2, 0) is 0 Å². The highest BCUT2D eigenvalue weighted by molar-refractivity contribution is 5.69. The van der Waals surface area contributed by atoms with Crippen molar-refractivity contribution in [2.24, 2.45) is 0 Å². The molecule has 64 valence electrons. The van der Waals surface area contributed by atoms with Gasteiger partial charge in [-0.3, -0.25) is 0 Å². The van der Waals surface area contributed by atoms with Crippen LogP contribution in [0.2, 0.25) is 0 Å². The predicted molar refractivity (Wildman–Crippen MR) is 48.1 cm³/mol. The van der Waals surface area contributed by atoms with Crippen LogP contribution in [0.3, 0.4) is 0 Å². The first-order valence-corrected chi connectivity index (χ1v) is 4.09. The van der Waals surface area contributed by atoms with Gasteiger partial charge in [0.25, 0.3) is 0 Å². The molecule has 0 saturated carbocycles. The average molecular weight is 164 g/mol. The highest BCUT2D eigenvalue weighted by Crippen LogP contribution is 2.28. The lowest BCUT2D eigenvalue weighted by atomic mass is 10.3. The van der Waals surface area contributed by atoms with Gasteiger partial charge in [0.1, 0.15) is 12.0 Å². The first-order valence-electron chi connectivity index (χ1n) is 4.09. The Kier molecular flexibility index (Phi) is 1.60. The number of hydrogen-bond acceptors (Lipinski definition) is 4. The maximum atomic E-state index is 4.13. The van der Waals surface area contributed by atoms with Crippen LogP contribution in [0.5, 0.6) is 0 Å². The minimum absolute atomic E-state index is 0.491. The number of rotatable bonds is 1. The van der Waals surface area contributed by atoms with E-state index in [-0.39, 0.29) is 0 Å². The Hall–Kier alpha value is -1.32. The Balaban J connectivity index is 2.36. The molecule has 1 aliphatic heterocycles. The Labute approximate surface area is 71.6 Å². The molecule has 0 bridgehead atoms. The second-order valence-electron chi connectivity index (χ2n) is 3.16. The molecule has 1 N–H and O–H groups in total. The van der Waals surface area contributed by atoms with Gasteiger partial charge < -0.3 is 10.2 Å². The smallest absolute Gasteiger partial charge is 0.154 e. The van der Waals surface area contributed by atoms with E-state index in [1.165, 1.54) is 0 Å². The molecule has 0 amide bonds. The first-order chi connectivity index (χ1) is 5.79. The van der Waals surface area contributed by atoms with E-state index in [2.05, 4.69) is 34.0 Å². The Morgan fingerprint density at radius 3 is 3.17 bits per heavy atom. The predicted octanol–water partition coefficient (Wildman–Crippen LogP) is 1.07. The van der Waals surface area contributed by atoms with E-state index in [4.69, 9.17) is 0 Å². The lowest BCUT2D eigenvalue weighted by Gasteiger charge is -2.21. The summed E-state index contributed by atoms with van der Waals surface area (Å²) < 4.78 is 0. The lowest BCUT2D eigenvalue weighted by Crippen LogP contribution is -2.30. The van der Waals surface area contributed by atoms with Gasteiger partial charge >= 0.3 is 0 Å². The second-order valence-corrected chi connectivity index (χ2v) is 3.16. The number of hydrogen-bond donors (Lipinski definition) is 1. The largest absolute Gasteiger partial charge is 0.351 e. The van der Waals surface area contributed by atoms with Crippen molar-refractivity contribution < 1.29 is 0 Å². The summed E-state index contributed by atoms with van der Waals surface area (Å²) in [4.78, 5) is 10.4. The summed E-state index contributed by atoms with van der Waals surface area (Å²) in [6, 6.07) is 0.491. The zero-order valence-corrected chi connectivity index (χ0v) is 7.28. The van der Waals surface area contributed by atoms with Gasteiger partial charge in [-0.25, -0.2) is 9.97 Å². The molecule has 1 aliphatic rings. The lowest BCUT2D eigenvalue weighted by molar-refractivity contribution is 0.726. The molecule has 4 heteroatoms. The van der Waals surface area contributed by atoms with Gasteiger partial charge in [0, 0.05) is 6.04 Å². The third-order valence-corrected chi connectivity index (χ3v) is 2.04. The summed E-state index contributed by atoms with van der Waals surface area (Å²) in [6.45, 7) is 5.15. The fourth-order valence-corrected chi connectivity index (χ4v) is 1.37. The van der Waals surface area contributed by atoms with Gasteiger partial charge in [-0.05, 0) is 13.8 Å². The molecule has 0 radical (unpaired) electrons. The molecule has 0 spiro atoms. The van der Waals surface area contributed by atoms with Crippen molar-refractivity contribution in [2.75, 3.05) is 16.9 Å². The first kappa shape index (κ1) is 7.34. The van der Waals surface area contributed by atoms with Gasteiger partial charge in [-0.2, -0.15) is 0 Å². The molecule has 0 saturated heterocycles. The van der Waals surface area contributed by atoms with Gasteiger partial charge in [0.2, 0.25) is 0 Å². The molecule has 0 aliphatic carbocycles. The van der Waals surface area contributed by atoms with Gasteiger partial charge in [0.05, 0.1) is 12.9 Å². The van der Waals surface area contributed by atoms with Crippen LogP contribution < -0.4 is 10.2 Å². The van der Waals surface area contributed by atoms with Crippen molar-refractivity contribution in [3.05, 3.63) is 12.5 Å². The van der Waals surface area contributed by atoms with Crippen molar-refractivity contribution in [1.82, 2.24) is 9.97 Å². The molecular weight excluding hydrogens is 152 g/mol. The highest BCUT2D eigenvalue weighted by atomic mass is 15.3. The van der Waals surface area contributed by atoms with Gasteiger partial charge in [-0.1, -0.05) is 0 Å². The topological polar surface area (TPSA) is 41.0 Å². The van der Waals surface area contributed by atoms with E-state index in [9.17, 15) is 0 Å². The minimum Gasteiger partial charge on any atom is -0.351 e. The quantitative estimate of drug-likeness (QED) is 0.674. The van der Waals surface area contributed by atoms with Crippen LogP contribution in [0.25, 0.3) is 0 Å². The van der Waals surface area contributed by atoms with Crippen LogP contribution >= 0.6 is 0 Å². The third kappa shape index (κ3) is 0.995. The van der Waals surface area contributed by atoms with Crippen molar-refractivity contribution in [3.8, 4) is 0 Å². The van der Waals surface area contributed by atoms with E-state index >= 15 is 0 Å². The SMILES string of the molecule is CC(C)N1CNc2ncncc21. The Morgan fingerprint density at radius 2 is 2.42 bits per heavy atom. The van der Waals surface area contributed by atoms with Crippen LogP contribution in [-0.4, -0.2) is 22.7 Å². The van der Waals surface area contributed by atoms with Crippen molar-refractivity contribution in [2.45, 2.75) is 19.9 Å². The zero-order chi connectivity index (χ0) is 8.55. The number of nitrogens with one attached hydrogen (secondary N) is 1. The molecule has 1 aromatic rings. The van der Waals surface area contributed by atoms with Gasteiger partial charge in [-0.15, -0.1) is 0 Å². The summed E-state index contributed by atoms with van der Waals surface area (Å²) in [7, 11) is 0. The molecule has 12 heavy (non-hydrogen) atoms. The summed E-state index contributed by atoms with van der Waals surface area (Å²) >= 11 is 0. The second kappa shape index (κ2) is 2.62. The Bertz CT molecular complexity index is 284. The number of fused-ring (bicyclic) bond motifs is 1. The Morgan fingerprint density at radius 1 is 1.58 bits per heavy atom. The summed E-state index contributed by atoms with van der Waals surface area (Å²) in [5.74, 6) is 0.943. The summed E-state index contributed by atoms with van der Waals surface area (Å²) in [5, 5.41) is 3.21. The standard InChI is InChI=1S/C8H12N4/c1-6(2)12-5-11-8-7(12)3-9-4-10-8/h3-4,6H,5H2,1-2H3,(H,9,10,11). The number of nitrogens with zero attached hydrogens (tertiary/aromatic N) is 3. The molecule has 2 rings (SSSR count). The maximum absolute atomic E-state index is 4.13. The average Bonchev–Trinajstić information content (AvgIpc) is 2.47. The minimum atomic E-state index is 0.491. The monoisotopic (exact) mass is 164 g/mol. The number of anilines is 2. The molecule has 0 unspecified atom stereocenters. The highest BCUT2D eigenvalue weighted by Gasteiger charge is 2.21. The molecule has 0 atom stereocenters. The molecule has 0 aromatic carbocycles. The van der Waals surface area contributed by atoms with Crippen molar-refractivity contribution >= 4 is 11.5 Å². The van der Waals surface area contributed by atoms with Crippen LogP contribution in [0.1, 0.15) is 13.8 Å².